The first-order valence-corrected chi connectivity index (χ1v) is 4.21. The molecule has 12 heavy (non-hydrogen) atoms. The Kier molecular flexibility index (Phi) is 3.06. The van der Waals surface area contributed by atoms with Crippen LogP contribution in [0.25, 0.3) is 0 Å². The highest BCUT2D eigenvalue weighted by atomic mass is 35.5. The lowest BCUT2D eigenvalue weighted by molar-refractivity contribution is 0.318. The summed E-state index contributed by atoms with van der Waals surface area (Å²) >= 11 is 11.4. The normalized spacial score (nSPS) is 9.92. The van der Waals surface area contributed by atoms with E-state index in [1.807, 2.05) is 6.92 Å². The van der Waals surface area contributed by atoms with Crippen LogP contribution >= 0.6 is 23.2 Å². The van der Waals surface area contributed by atoms with Gasteiger partial charge in [-0.1, -0.05) is 23.2 Å². The third kappa shape index (κ3) is 1.96. The van der Waals surface area contributed by atoms with Gasteiger partial charge in [-0.25, -0.2) is 0 Å². The van der Waals surface area contributed by atoms with Gasteiger partial charge in [0.05, 0.1) is 11.6 Å². The van der Waals surface area contributed by atoms with Crippen LogP contribution in [0.5, 0.6) is 11.5 Å². The van der Waals surface area contributed by atoms with Crippen LogP contribution in [0, 0.1) is 0 Å². The van der Waals surface area contributed by atoms with Crippen molar-refractivity contribution in [2.24, 2.45) is 0 Å². The minimum Gasteiger partial charge on any atom is -0.504 e. The highest BCUT2D eigenvalue weighted by molar-refractivity contribution is 6.35. The number of ether oxygens (including phenoxy) is 1. The summed E-state index contributed by atoms with van der Waals surface area (Å²) in [5.74, 6) is 0.248. The van der Waals surface area contributed by atoms with E-state index in [0.717, 1.165) is 0 Å². The maximum Gasteiger partial charge on any atom is 0.179 e. The Morgan fingerprint density at radius 2 is 2.08 bits per heavy atom. The minimum atomic E-state index is -0.0330. The zero-order chi connectivity index (χ0) is 9.14. The lowest BCUT2D eigenvalue weighted by atomic mass is 10.3. The molecule has 0 fully saturated rings. The summed E-state index contributed by atoms with van der Waals surface area (Å²) in [7, 11) is 0. The van der Waals surface area contributed by atoms with Crippen molar-refractivity contribution < 1.29 is 9.84 Å². The summed E-state index contributed by atoms with van der Waals surface area (Å²) < 4.78 is 5.08. The quantitative estimate of drug-likeness (QED) is 0.807. The molecule has 0 bridgehead atoms. The number of aromatic hydroxyl groups is 1. The average Bonchev–Trinajstić information content (AvgIpc) is 1.96. The van der Waals surface area contributed by atoms with Gasteiger partial charge in [-0.3, -0.25) is 0 Å². The van der Waals surface area contributed by atoms with Crippen molar-refractivity contribution in [1.82, 2.24) is 0 Å². The molecular weight excluding hydrogens is 199 g/mol. The molecule has 0 amide bonds. The monoisotopic (exact) mass is 206 g/mol. The van der Waals surface area contributed by atoms with E-state index in [-0.39, 0.29) is 11.5 Å². The molecule has 0 heterocycles. The zero-order valence-electron chi connectivity index (χ0n) is 6.47. The summed E-state index contributed by atoms with van der Waals surface area (Å²) in [6, 6.07) is 2.91. The maximum absolute atomic E-state index is 9.31. The van der Waals surface area contributed by atoms with Crippen LogP contribution in [-0.2, 0) is 0 Å². The van der Waals surface area contributed by atoms with Crippen molar-refractivity contribution in [1.29, 1.82) is 0 Å². The van der Waals surface area contributed by atoms with Crippen LogP contribution < -0.4 is 4.74 Å². The Morgan fingerprint density at radius 1 is 1.42 bits per heavy atom. The predicted octanol–water partition coefficient (Wildman–Crippen LogP) is 3.10. The first-order valence-electron chi connectivity index (χ1n) is 3.46. The molecule has 0 saturated carbocycles. The number of benzene rings is 1. The van der Waals surface area contributed by atoms with E-state index in [1.165, 1.54) is 12.1 Å². The van der Waals surface area contributed by atoms with Crippen LogP contribution in [0.4, 0.5) is 0 Å². The van der Waals surface area contributed by atoms with Gasteiger partial charge >= 0.3 is 0 Å². The Labute approximate surface area is 80.7 Å². The fraction of sp³-hybridized carbons (Fsp3) is 0.250. The highest BCUT2D eigenvalue weighted by Gasteiger charge is 2.08. The Bertz CT molecular complexity index is 263. The maximum atomic E-state index is 9.31. The van der Waals surface area contributed by atoms with E-state index in [2.05, 4.69) is 0 Å². The van der Waals surface area contributed by atoms with Crippen molar-refractivity contribution in [2.75, 3.05) is 6.61 Å². The predicted molar refractivity (Wildman–Crippen MR) is 49.3 cm³/mol. The van der Waals surface area contributed by atoms with E-state index >= 15 is 0 Å². The van der Waals surface area contributed by atoms with Gasteiger partial charge in [0.1, 0.15) is 0 Å². The fourth-order valence-electron chi connectivity index (χ4n) is 0.834. The molecule has 0 aliphatic rings. The largest absolute Gasteiger partial charge is 0.504 e. The molecule has 0 aromatic heterocycles. The van der Waals surface area contributed by atoms with Crippen LogP contribution in [0.1, 0.15) is 6.92 Å². The fourth-order valence-corrected chi connectivity index (χ4v) is 1.37. The molecule has 1 rings (SSSR count). The van der Waals surface area contributed by atoms with Gasteiger partial charge in [-0.05, 0) is 13.0 Å². The van der Waals surface area contributed by atoms with E-state index in [9.17, 15) is 5.11 Å². The second kappa shape index (κ2) is 3.87. The standard InChI is InChI=1S/C8H8Cl2O2/c1-2-12-8-6(10)3-5(9)4-7(8)11/h3-4,11H,2H2,1H3. The SMILES string of the molecule is CCOc1c(O)cc(Cl)cc1Cl. The van der Waals surface area contributed by atoms with Gasteiger partial charge in [0.2, 0.25) is 0 Å². The lowest BCUT2D eigenvalue weighted by Crippen LogP contribution is -1.92. The molecule has 0 atom stereocenters. The summed E-state index contributed by atoms with van der Waals surface area (Å²) in [5, 5.41) is 10.0. The Hall–Kier alpha value is -0.600. The van der Waals surface area contributed by atoms with Crippen LogP contribution in [0.3, 0.4) is 0 Å². The molecule has 4 heteroatoms. The molecule has 1 aromatic carbocycles. The molecular formula is C8H8Cl2O2. The number of hydrogen-bond acceptors (Lipinski definition) is 2. The van der Waals surface area contributed by atoms with Gasteiger partial charge in [-0.2, -0.15) is 0 Å². The van der Waals surface area contributed by atoms with Gasteiger partial charge in [0.15, 0.2) is 11.5 Å². The van der Waals surface area contributed by atoms with Gasteiger partial charge < -0.3 is 9.84 Å². The molecule has 1 N–H and O–H groups in total. The molecule has 1 aromatic rings. The number of hydrogen-bond donors (Lipinski definition) is 1. The second-order valence-electron chi connectivity index (χ2n) is 2.17. The highest BCUT2D eigenvalue weighted by Crippen LogP contribution is 2.36. The third-order valence-electron chi connectivity index (χ3n) is 1.28. The number of phenols is 1. The third-order valence-corrected chi connectivity index (χ3v) is 1.78. The molecule has 66 valence electrons. The molecule has 0 saturated heterocycles. The summed E-state index contributed by atoms with van der Waals surface area (Å²) in [4.78, 5) is 0. The lowest BCUT2D eigenvalue weighted by Gasteiger charge is -2.07. The Balaban J connectivity index is 3.10. The molecule has 0 aliphatic heterocycles. The van der Waals surface area contributed by atoms with Crippen LogP contribution in [-0.4, -0.2) is 11.7 Å². The second-order valence-corrected chi connectivity index (χ2v) is 3.01. The van der Waals surface area contributed by atoms with Gasteiger partial charge in [0, 0.05) is 11.1 Å². The van der Waals surface area contributed by atoms with E-state index in [0.29, 0.717) is 16.7 Å². The van der Waals surface area contributed by atoms with E-state index in [1.54, 1.807) is 0 Å². The van der Waals surface area contributed by atoms with Crippen molar-refractivity contribution in [3.05, 3.63) is 22.2 Å². The number of rotatable bonds is 2. The van der Waals surface area contributed by atoms with Gasteiger partial charge in [-0.15, -0.1) is 0 Å². The van der Waals surface area contributed by atoms with Crippen LogP contribution in [0.15, 0.2) is 12.1 Å². The summed E-state index contributed by atoms with van der Waals surface area (Å²) in [6.07, 6.45) is 0. The minimum absolute atomic E-state index is 0.0330. The summed E-state index contributed by atoms with van der Waals surface area (Å²) in [5.41, 5.74) is 0. The first kappa shape index (κ1) is 9.49. The smallest absolute Gasteiger partial charge is 0.179 e. The molecule has 0 spiro atoms. The van der Waals surface area contributed by atoms with E-state index < -0.39 is 0 Å². The average molecular weight is 207 g/mol. The Morgan fingerprint density at radius 3 is 2.58 bits per heavy atom. The first-order chi connectivity index (χ1) is 5.65. The van der Waals surface area contributed by atoms with Crippen molar-refractivity contribution in [2.45, 2.75) is 6.92 Å². The van der Waals surface area contributed by atoms with Crippen molar-refractivity contribution in [3.8, 4) is 11.5 Å². The molecule has 0 unspecified atom stereocenters. The molecule has 0 aliphatic carbocycles. The number of phenolic OH excluding ortho intramolecular Hbond substituents is 1. The number of halogens is 2. The molecule has 2 nitrogen and oxygen atoms in total. The van der Waals surface area contributed by atoms with Crippen molar-refractivity contribution >= 4 is 23.2 Å². The zero-order valence-corrected chi connectivity index (χ0v) is 7.99. The topological polar surface area (TPSA) is 29.5 Å². The van der Waals surface area contributed by atoms with E-state index in [4.69, 9.17) is 27.9 Å². The van der Waals surface area contributed by atoms with Crippen molar-refractivity contribution in [3.63, 3.8) is 0 Å². The van der Waals surface area contributed by atoms with Crippen LogP contribution in [0.2, 0.25) is 10.0 Å². The summed E-state index contributed by atoms with van der Waals surface area (Å²) in [6.45, 7) is 2.26. The van der Waals surface area contributed by atoms with Gasteiger partial charge in [0.25, 0.3) is 0 Å². The molecule has 0 radical (unpaired) electrons.